The van der Waals surface area contributed by atoms with Crippen LogP contribution in [0.2, 0.25) is 0 Å². The first kappa shape index (κ1) is 25.1. The van der Waals surface area contributed by atoms with Crippen LogP contribution in [0.5, 0.6) is 23.0 Å². The van der Waals surface area contributed by atoms with Crippen molar-refractivity contribution in [1.29, 1.82) is 0 Å². The van der Waals surface area contributed by atoms with Crippen LogP contribution in [0.3, 0.4) is 0 Å². The zero-order valence-corrected chi connectivity index (χ0v) is 21.8. The van der Waals surface area contributed by atoms with Crippen LogP contribution in [0.1, 0.15) is 32.0 Å². The van der Waals surface area contributed by atoms with Crippen LogP contribution in [-0.4, -0.2) is 51.2 Å². The summed E-state index contributed by atoms with van der Waals surface area (Å²) in [6.07, 6.45) is 2.67. The van der Waals surface area contributed by atoms with Crippen molar-refractivity contribution in [3.63, 3.8) is 0 Å². The summed E-state index contributed by atoms with van der Waals surface area (Å²) in [5.41, 5.74) is 3.02. The summed E-state index contributed by atoms with van der Waals surface area (Å²) in [5.74, 6) is 1.88. The molecule has 194 valence electrons. The van der Waals surface area contributed by atoms with Crippen molar-refractivity contribution in [3.8, 4) is 23.0 Å². The number of aromatic nitrogens is 1. The van der Waals surface area contributed by atoms with Crippen LogP contribution in [-0.2, 0) is 13.5 Å². The molecule has 4 aromatic rings. The predicted octanol–water partition coefficient (Wildman–Crippen LogP) is 3.96. The van der Waals surface area contributed by atoms with Crippen LogP contribution < -0.4 is 23.5 Å². The van der Waals surface area contributed by atoms with Gasteiger partial charge in [0.2, 0.25) is 0 Å². The standard InChI is InChI=1S/C30H29N2O6/c1-31-12-11-20-17-28(38-14-13-32-29(33)21-7-5-6-8-22(21)30(32)34)27(37-4)18-23(20)24(31)15-19-9-10-25(35-2)26(16-19)36-3/h5-12,16-18H,13-15H2,1-4H3/q+1. The fraction of sp³-hybridized carbons (Fsp3) is 0.233. The van der Waals surface area contributed by atoms with Crippen molar-refractivity contribution in [2.75, 3.05) is 34.5 Å². The molecule has 0 unspecified atom stereocenters. The molecule has 2 amide bonds. The van der Waals surface area contributed by atoms with Crippen molar-refractivity contribution < 1.29 is 33.1 Å². The number of benzene rings is 3. The van der Waals surface area contributed by atoms with E-state index in [1.807, 2.05) is 49.6 Å². The van der Waals surface area contributed by atoms with Gasteiger partial charge >= 0.3 is 0 Å². The van der Waals surface area contributed by atoms with Crippen molar-refractivity contribution in [2.24, 2.45) is 7.05 Å². The number of rotatable bonds is 9. The third kappa shape index (κ3) is 4.49. The van der Waals surface area contributed by atoms with Crippen molar-refractivity contribution in [1.82, 2.24) is 4.90 Å². The maximum atomic E-state index is 12.7. The molecule has 0 fully saturated rings. The molecule has 1 aliphatic heterocycles. The molecule has 5 rings (SSSR count). The van der Waals surface area contributed by atoms with Crippen LogP contribution in [0.25, 0.3) is 10.8 Å². The van der Waals surface area contributed by atoms with E-state index < -0.39 is 0 Å². The average molecular weight is 514 g/mol. The fourth-order valence-electron chi connectivity index (χ4n) is 4.80. The number of nitrogens with zero attached hydrogens (tertiary/aromatic N) is 2. The minimum atomic E-state index is -0.299. The monoisotopic (exact) mass is 513 g/mol. The quantitative estimate of drug-likeness (QED) is 0.249. The Morgan fingerprint density at radius 1 is 0.763 bits per heavy atom. The van der Waals surface area contributed by atoms with Gasteiger partial charge in [-0.1, -0.05) is 18.2 Å². The van der Waals surface area contributed by atoms with Crippen molar-refractivity contribution >= 4 is 22.6 Å². The van der Waals surface area contributed by atoms with Gasteiger partial charge in [-0.3, -0.25) is 14.5 Å². The molecule has 0 aliphatic carbocycles. The van der Waals surface area contributed by atoms with Gasteiger partial charge < -0.3 is 18.9 Å². The van der Waals surface area contributed by atoms with E-state index in [0.29, 0.717) is 40.5 Å². The molecular weight excluding hydrogens is 484 g/mol. The average Bonchev–Trinajstić information content (AvgIpc) is 3.19. The number of imide groups is 1. The van der Waals surface area contributed by atoms with Gasteiger partial charge in [0.1, 0.15) is 13.7 Å². The third-order valence-electron chi connectivity index (χ3n) is 6.82. The number of aryl methyl sites for hydroxylation is 1. The highest BCUT2D eigenvalue weighted by Crippen LogP contribution is 2.35. The second kappa shape index (κ2) is 10.4. The minimum Gasteiger partial charge on any atom is -0.493 e. The first-order valence-corrected chi connectivity index (χ1v) is 12.2. The lowest BCUT2D eigenvalue weighted by Crippen LogP contribution is -2.34. The Bertz CT molecular complexity index is 1510. The van der Waals surface area contributed by atoms with Crippen LogP contribution >= 0.6 is 0 Å². The zero-order chi connectivity index (χ0) is 26.8. The predicted molar refractivity (Wildman–Crippen MR) is 141 cm³/mol. The van der Waals surface area contributed by atoms with Crippen molar-refractivity contribution in [3.05, 3.63) is 89.2 Å². The summed E-state index contributed by atoms with van der Waals surface area (Å²) < 4.78 is 24.6. The lowest BCUT2D eigenvalue weighted by Gasteiger charge is -2.16. The molecule has 0 atom stereocenters. The van der Waals surface area contributed by atoms with E-state index >= 15 is 0 Å². The van der Waals surface area contributed by atoms with Crippen LogP contribution in [0, 0.1) is 0 Å². The van der Waals surface area contributed by atoms with Crippen molar-refractivity contribution in [2.45, 2.75) is 6.42 Å². The smallest absolute Gasteiger partial charge is 0.261 e. The summed E-state index contributed by atoms with van der Waals surface area (Å²) >= 11 is 0. The normalized spacial score (nSPS) is 12.6. The second-order valence-electron chi connectivity index (χ2n) is 8.99. The Hall–Kier alpha value is -4.59. The fourth-order valence-corrected chi connectivity index (χ4v) is 4.80. The number of pyridine rings is 1. The topological polar surface area (TPSA) is 78.2 Å². The largest absolute Gasteiger partial charge is 0.493 e. The Morgan fingerprint density at radius 3 is 2.08 bits per heavy atom. The van der Waals surface area contributed by atoms with Gasteiger partial charge in [-0.15, -0.1) is 0 Å². The van der Waals surface area contributed by atoms with E-state index in [1.165, 1.54) is 4.90 Å². The number of amides is 2. The molecule has 1 aliphatic rings. The molecule has 38 heavy (non-hydrogen) atoms. The van der Waals surface area contributed by atoms with Gasteiger partial charge in [-0.2, -0.15) is 0 Å². The summed E-state index contributed by atoms with van der Waals surface area (Å²) in [6, 6.07) is 18.7. The number of carbonyl (C=O) groups is 2. The highest BCUT2D eigenvalue weighted by atomic mass is 16.5. The van der Waals surface area contributed by atoms with Crippen LogP contribution in [0.4, 0.5) is 0 Å². The van der Waals surface area contributed by atoms with E-state index in [9.17, 15) is 9.59 Å². The molecule has 0 spiro atoms. The third-order valence-corrected chi connectivity index (χ3v) is 6.82. The lowest BCUT2D eigenvalue weighted by molar-refractivity contribution is -0.677. The molecule has 0 bridgehead atoms. The van der Waals surface area contributed by atoms with E-state index in [2.05, 4.69) is 4.57 Å². The lowest BCUT2D eigenvalue weighted by atomic mass is 10.0. The molecule has 8 heteroatoms. The Morgan fingerprint density at radius 2 is 1.42 bits per heavy atom. The van der Waals surface area contributed by atoms with Gasteiger partial charge in [0.15, 0.2) is 34.9 Å². The maximum absolute atomic E-state index is 12.7. The molecule has 0 saturated carbocycles. The summed E-state index contributed by atoms with van der Waals surface area (Å²) in [7, 11) is 6.85. The molecule has 3 aromatic carbocycles. The Labute approximate surface area is 220 Å². The van der Waals surface area contributed by atoms with Gasteiger partial charge in [-0.05, 0) is 47.3 Å². The number of ether oxygens (including phenoxy) is 4. The van der Waals surface area contributed by atoms with Gasteiger partial charge in [0, 0.05) is 6.07 Å². The van der Waals surface area contributed by atoms with Gasteiger partial charge in [-0.25, -0.2) is 4.57 Å². The Kier molecular flexibility index (Phi) is 6.87. The van der Waals surface area contributed by atoms with Crippen LogP contribution in [0.15, 0.2) is 66.9 Å². The highest BCUT2D eigenvalue weighted by molar-refractivity contribution is 6.21. The highest BCUT2D eigenvalue weighted by Gasteiger charge is 2.34. The van der Waals surface area contributed by atoms with E-state index in [-0.39, 0.29) is 25.0 Å². The SMILES string of the molecule is COc1ccc(Cc2c3cc(OC)c(OCCN4C(=O)c5ccccc5C4=O)cc3cc[n+]2C)cc1OC. The zero-order valence-electron chi connectivity index (χ0n) is 21.8. The van der Waals surface area contributed by atoms with E-state index in [4.69, 9.17) is 18.9 Å². The maximum Gasteiger partial charge on any atom is 0.261 e. The summed E-state index contributed by atoms with van der Waals surface area (Å²) in [6.45, 7) is 0.286. The first-order chi connectivity index (χ1) is 18.4. The molecular formula is C30H29N2O6+. The van der Waals surface area contributed by atoms with Gasteiger partial charge in [0.05, 0.1) is 50.8 Å². The summed E-state index contributed by atoms with van der Waals surface area (Å²) in [5, 5.41) is 2.00. The number of fused-ring (bicyclic) bond motifs is 2. The van der Waals surface area contributed by atoms with E-state index in [0.717, 1.165) is 22.0 Å². The summed E-state index contributed by atoms with van der Waals surface area (Å²) in [4.78, 5) is 26.5. The molecule has 1 aromatic heterocycles. The first-order valence-electron chi connectivity index (χ1n) is 12.2. The molecule has 8 nitrogen and oxygen atoms in total. The van der Waals surface area contributed by atoms with Gasteiger partial charge in [0.25, 0.3) is 11.8 Å². The molecule has 0 N–H and O–H groups in total. The minimum absolute atomic E-state index is 0.141. The number of hydrogen-bond acceptors (Lipinski definition) is 6. The number of methoxy groups -OCH3 is 3. The van der Waals surface area contributed by atoms with E-state index in [1.54, 1.807) is 45.6 Å². The Balaban J connectivity index is 1.38. The second-order valence-corrected chi connectivity index (χ2v) is 8.99. The molecule has 0 radical (unpaired) electrons. The number of hydrogen-bond donors (Lipinski definition) is 0. The molecule has 2 heterocycles. The number of carbonyl (C=O) groups excluding carboxylic acids is 2. The molecule has 0 saturated heterocycles.